The van der Waals surface area contributed by atoms with E-state index in [9.17, 15) is 0 Å². The van der Waals surface area contributed by atoms with Crippen LogP contribution in [-0.2, 0) is 11.3 Å². The van der Waals surface area contributed by atoms with Gasteiger partial charge in [0.1, 0.15) is 11.8 Å². The van der Waals surface area contributed by atoms with Crippen LogP contribution >= 0.6 is 0 Å². The fraction of sp³-hybridized carbons (Fsp3) is 0.615. The Morgan fingerprint density at radius 3 is 3.00 bits per heavy atom. The zero-order valence-corrected chi connectivity index (χ0v) is 12.0. The number of aromatic nitrogens is 4. The molecule has 7 nitrogen and oxygen atoms in total. The number of hydrogen-bond acceptors (Lipinski definition) is 6. The third kappa shape index (κ3) is 3.43. The van der Waals surface area contributed by atoms with Crippen molar-refractivity contribution >= 4 is 0 Å². The lowest BCUT2D eigenvalue weighted by atomic mass is 10.2. The molecule has 2 rings (SSSR count). The highest BCUT2D eigenvalue weighted by molar-refractivity contribution is 5.44. The molecule has 0 amide bonds. The first-order valence-corrected chi connectivity index (χ1v) is 6.95. The standard InChI is InChI=1S/C13H21N5O2/c1-3-5-11(19-4-2)12-16-13(20-17-12)10-8-18(7-6-14)9-15-10/h8-9,11H,3-7,14H2,1-2H3. The van der Waals surface area contributed by atoms with Crippen molar-refractivity contribution in [2.24, 2.45) is 5.73 Å². The Kier molecular flexibility index (Phi) is 5.25. The Bertz CT molecular complexity index is 516. The summed E-state index contributed by atoms with van der Waals surface area (Å²) < 4.78 is 12.8. The Morgan fingerprint density at radius 1 is 1.45 bits per heavy atom. The molecule has 0 saturated carbocycles. The second-order valence-electron chi connectivity index (χ2n) is 4.48. The van der Waals surface area contributed by atoms with Gasteiger partial charge in [0.25, 0.3) is 5.89 Å². The molecule has 1 unspecified atom stereocenters. The smallest absolute Gasteiger partial charge is 0.278 e. The second kappa shape index (κ2) is 7.16. The third-order valence-electron chi connectivity index (χ3n) is 2.89. The predicted octanol–water partition coefficient (Wildman–Crippen LogP) is 1.77. The highest BCUT2D eigenvalue weighted by Crippen LogP contribution is 2.23. The highest BCUT2D eigenvalue weighted by atomic mass is 16.5. The molecule has 0 bridgehead atoms. The largest absolute Gasteiger partial charge is 0.370 e. The van der Waals surface area contributed by atoms with Crippen LogP contribution in [0.5, 0.6) is 0 Å². The molecule has 0 radical (unpaired) electrons. The fourth-order valence-corrected chi connectivity index (χ4v) is 1.96. The van der Waals surface area contributed by atoms with Gasteiger partial charge >= 0.3 is 0 Å². The molecule has 0 saturated heterocycles. The lowest BCUT2D eigenvalue weighted by molar-refractivity contribution is 0.0478. The number of rotatable bonds is 8. The number of hydrogen-bond donors (Lipinski definition) is 1. The van der Waals surface area contributed by atoms with Crippen LogP contribution < -0.4 is 5.73 Å². The van der Waals surface area contributed by atoms with Crippen LogP contribution in [0, 0.1) is 0 Å². The number of ether oxygens (including phenoxy) is 1. The summed E-state index contributed by atoms with van der Waals surface area (Å²) in [5, 5.41) is 4.00. The van der Waals surface area contributed by atoms with Gasteiger partial charge in [0.05, 0.1) is 6.33 Å². The lowest BCUT2D eigenvalue weighted by Crippen LogP contribution is -2.07. The molecule has 0 spiro atoms. The van der Waals surface area contributed by atoms with Gasteiger partial charge in [-0.3, -0.25) is 0 Å². The lowest BCUT2D eigenvalue weighted by Gasteiger charge is -2.10. The van der Waals surface area contributed by atoms with E-state index >= 15 is 0 Å². The van der Waals surface area contributed by atoms with Crippen molar-refractivity contribution in [3.8, 4) is 11.6 Å². The van der Waals surface area contributed by atoms with E-state index < -0.39 is 0 Å². The first-order valence-electron chi connectivity index (χ1n) is 6.95. The van der Waals surface area contributed by atoms with Crippen molar-refractivity contribution in [2.45, 2.75) is 39.3 Å². The average Bonchev–Trinajstić information content (AvgIpc) is 3.07. The first-order chi connectivity index (χ1) is 9.78. The van der Waals surface area contributed by atoms with Crippen molar-refractivity contribution in [1.82, 2.24) is 19.7 Å². The van der Waals surface area contributed by atoms with Crippen molar-refractivity contribution in [2.75, 3.05) is 13.2 Å². The Balaban J connectivity index is 2.13. The Morgan fingerprint density at radius 2 is 2.30 bits per heavy atom. The van der Waals surface area contributed by atoms with Gasteiger partial charge in [-0.2, -0.15) is 4.98 Å². The first kappa shape index (κ1) is 14.7. The van der Waals surface area contributed by atoms with Gasteiger partial charge in [-0.15, -0.1) is 0 Å². The molecule has 20 heavy (non-hydrogen) atoms. The average molecular weight is 279 g/mol. The SMILES string of the molecule is CCCC(OCC)c1noc(-c2cn(CCN)cn2)n1. The second-order valence-corrected chi connectivity index (χ2v) is 4.48. The number of nitrogens with two attached hydrogens (primary N) is 1. The summed E-state index contributed by atoms with van der Waals surface area (Å²) in [6.07, 6.45) is 5.31. The van der Waals surface area contributed by atoms with Gasteiger partial charge in [0.15, 0.2) is 0 Å². The van der Waals surface area contributed by atoms with Gasteiger partial charge in [0, 0.05) is 25.9 Å². The monoisotopic (exact) mass is 279 g/mol. The molecule has 2 aromatic rings. The summed E-state index contributed by atoms with van der Waals surface area (Å²) in [5.74, 6) is 0.994. The van der Waals surface area contributed by atoms with Crippen LogP contribution in [0.15, 0.2) is 17.0 Å². The van der Waals surface area contributed by atoms with Crippen LogP contribution in [0.2, 0.25) is 0 Å². The molecule has 1 atom stereocenters. The van der Waals surface area contributed by atoms with Crippen molar-refractivity contribution in [1.29, 1.82) is 0 Å². The molecule has 0 fully saturated rings. The summed E-state index contributed by atoms with van der Waals surface area (Å²) in [6.45, 7) is 5.96. The minimum atomic E-state index is -0.117. The van der Waals surface area contributed by atoms with Gasteiger partial charge in [-0.1, -0.05) is 18.5 Å². The zero-order chi connectivity index (χ0) is 14.4. The summed E-state index contributed by atoms with van der Waals surface area (Å²) in [7, 11) is 0. The van der Waals surface area contributed by atoms with E-state index in [-0.39, 0.29) is 6.10 Å². The van der Waals surface area contributed by atoms with Crippen LogP contribution in [-0.4, -0.2) is 32.8 Å². The van der Waals surface area contributed by atoms with E-state index in [2.05, 4.69) is 22.0 Å². The Labute approximate surface area is 118 Å². The maximum Gasteiger partial charge on any atom is 0.278 e. The van der Waals surface area contributed by atoms with Gasteiger partial charge in [-0.25, -0.2) is 4.98 Å². The molecular weight excluding hydrogens is 258 g/mol. The summed E-state index contributed by atoms with van der Waals surface area (Å²) in [4.78, 5) is 8.62. The van der Waals surface area contributed by atoms with E-state index in [1.807, 2.05) is 17.7 Å². The van der Waals surface area contributed by atoms with E-state index in [0.29, 0.717) is 37.1 Å². The van der Waals surface area contributed by atoms with Gasteiger partial charge in [-0.05, 0) is 13.3 Å². The predicted molar refractivity (Wildman–Crippen MR) is 73.8 cm³/mol. The van der Waals surface area contributed by atoms with Crippen molar-refractivity contribution < 1.29 is 9.26 Å². The Hall–Kier alpha value is -1.73. The molecule has 2 aromatic heterocycles. The molecule has 0 aliphatic heterocycles. The molecule has 0 aromatic carbocycles. The molecule has 7 heteroatoms. The number of imidazole rings is 1. The summed E-state index contributed by atoms with van der Waals surface area (Å²) >= 11 is 0. The van der Waals surface area contributed by atoms with Crippen LogP contribution in [0.4, 0.5) is 0 Å². The molecule has 0 aliphatic carbocycles. The van der Waals surface area contributed by atoms with E-state index in [0.717, 1.165) is 12.8 Å². The van der Waals surface area contributed by atoms with Gasteiger partial charge < -0.3 is 19.6 Å². The topological polar surface area (TPSA) is 92.0 Å². The maximum atomic E-state index is 5.63. The van der Waals surface area contributed by atoms with Crippen LogP contribution in [0.1, 0.15) is 38.6 Å². The normalized spacial score (nSPS) is 12.8. The van der Waals surface area contributed by atoms with Crippen LogP contribution in [0.25, 0.3) is 11.6 Å². The van der Waals surface area contributed by atoms with Gasteiger partial charge in [0.2, 0.25) is 5.82 Å². The number of nitrogens with zero attached hydrogens (tertiary/aromatic N) is 4. The van der Waals surface area contributed by atoms with E-state index in [4.69, 9.17) is 15.0 Å². The molecular formula is C13H21N5O2. The minimum Gasteiger partial charge on any atom is -0.370 e. The summed E-state index contributed by atoms with van der Waals surface area (Å²) in [6, 6.07) is 0. The molecule has 0 aliphatic rings. The molecule has 2 N–H and O–H groups in total. The van der Waals surface area contributed by atoms with E-state index in [1.54, 1.807) is 6.33 Å². The van der Waals surface area contributed by atoms with Crippen molar-refractivity contribution in [3.63, 3.8) is 0 Å². The quantitative estimate of drug-likeness (QED) is 0.791. The van der Waals surface area contributed by atoms with Crippen LogP contribution in [0.3, 0.4) is 0 Å². The van der Waals surface area contributed by atoms with Crippen molar-refractivity contribution in [3.05, 3.63) is 18.3 Å². The summed E-state index contributed by atoms with van der Waals surface area (Å²) in [5.41, 5.74) is 6.16. The molecule has 110 valence electrons. The third-order valence-corrected chi connectivity index (χ3v) is 2.89. The highest BCUT2D eigenvalue weighted by Gasteiger charge is 2.19. The zero-order valence-electron chi connectivity index (χ0n) is 12.0. The van der Waals surface area contributed by atoms with E-state index in [1.165, 1.54) is 0 Å². The molecule has 2 heterocycles. The minimum absolute atomic E-state index is 0.117. The fourth-order valence-electron chi connectivity index (χ4n) is 1.96. The maximum absolute atomic E-state index is 5.63.